The zero-order valence-corrected chi connectivity index (χ0v) is 6.74. The SMILES string of the molecule is CONC(C)c1cccnc1. The van der Waals surface area contributed by atoms with Crippen molar-refractivity contribution in [3.8, 4) is 0 Å². The molecule has 0 bridgehead atoms. The van der Waals surface area contributed by atoms with Crippen LogP contribution in [0.1, 0.15) is 18.5 Å². The molecule has 3 heteroatoms. The number of hydroxylamine groups is 1. The van der Waals surface area contributed by atoms with Gasteiger partial charge in [0, 0.05) is 12.4 Å². The summed E-state index contributed by atoms with van der Waals surface area (Å²) in [6, 6.07) is 4.10. The maximum Gasteiger partial charge on any atom is 0.0572 e. The summed E-state index contributed by atoms with van der Waals surface area (Å²) < 4.78 is 0. The van der Waals surface area contributed by atoms with Gasteiger partial charge in [0.1, 0.15) is 0 Å². The first-order valence-corrected chi connectivity index (χ1v) is 3.53. The van der Waals surface area contributed by atoms with E-state index in [9.17, 15) is 0 Å². The van der Waals surface area contributed by atoms with Crippen LogP contribution in [0.2, 0.25) is 0 Å². The van der Waals surface area contributed by atoms with Crippen LogP contribution >= 0.6 is 0 Å². The summed E-state index contributed by atoms with van der Waals surface area (Å²) in [5.41, 5.74) is 3.94. The van der Waals surface area contributed by atoms with Gasteiger partial charge in [-0.2, -0.15) is 5.48 Å². The number of nitrogens with zero attached hydrogens (tertiary/aromatic N) is 1. The summed E-state index contributed by atoms with van der Waals surface area (Å²) in [5.74, 6) is 0. The lowest BCUT2D eigenvalue weighted by atomic mass is 10.2. The van der Waals surface area contributed by atoms with Crippen molar-refractivity contribution in [2.24, 2.45) is 0 Å². The number of pyridine rings is 1. The van der Waals surface area contributed by atoms with E-state index in [2.05, 4.69) is 10.5 Å². The van der Waals surface area contributed by atoms with Gasteiger partial charge in [-0.15, -0.1) is 0 Å². The minimum Gasteiger partial charge on any atom is -0.305 e. The second-order valence-electron chi connectivity index (χ2n) is 2.33. The van der Waals surface area contributed by atoms with Crippen molar-refractivity contribution in [1.29, 1.82) is 0 Å². The van der Waals surface area contributed by atoms with Crippen LogP contribution in [0.5, 0.6) is 0 Å². The average molecular weight is 152 g/mol. The van der Waals surface area contributed by atoms with Crippen molar-refractivity contribution < 1.29 is 4.84 Å². The fourth-order valence-corrected chi connectivity index (χ4v) is 0.877. The smallest absolute Gasteiger partial charge is 0.0572 e. The highest BCUT2D eigenvalue weighted by molar-refractivity contribution is 5.11. The normalized spacial score (nSPS) is 12.9. The van der Waals surface area contributed by atoms with Gasteiger partial charge in [-0.1, -0.05) is 6.07 Å². The molecule has 1 aromatic rings. The molecule has 0 aromatic carbocycles. The van der Waals surface area contributed by atoms with Gasteiger partial charge in [-0.25, -0.2) is 0 Å². The molecule has 1 aromatic heterocycles. The van der Waals surface area contributed by atoms with Crippen molar-refractivity contribution >= 4 is 0 Å². The van der Waals surface area contributed by atoms with Crippen LogP contribution in [0.15, 0.2) is 24.5 Å². The van der Waals surface area contributed by atoms with E-state index < -0.39 is 0 Å². The van der Waals surface area contributed by atoms with E-state index in [1.165, 1.54) is 0 Å². The van der Waals surface area contributed by atoms with E-state index in [0.717, 1.165) is 5.56 Å². The Morgan fingerprint density at radius 2 is 2.45 bits per heavy atom. The third-order valence-corrected chi connectivity index (χ3v) is 1.48. The second-order valence-corrected chi connectivity index (χ2v) is 2.33. The van der Waals surface area contributed by atoms with Crippen molar-refractivity contribution in [3.63, 3.8) is 0 Å². The first kappa shape index (κ1) is 8.17. The van der Waals surface area contributed by atoms with Crippen LogP contribution in [0.4, 0.5) is 0 Å². The molecule has 3 nitrogen and oxygen atoms in total. The summed E-state index contributed by atoms with van der Waals surface area (Å²) in [7, 11) is 1.60. The van der Waals surface area contributed by atoms with Gasteiger partial charge in [0.2, 0.25) is 0 Å². The zero-order chi connectivity index (χ0) is 8.10. The monoisotopic (exact) mass is 152 g/mol. The Bertz CT molecular complexity index is 201. The number of aromatic nitrogens is 1. The van der Waals surface area contributed by atoms with E-state index in [0.29, 0.717) is 0 Å². The van der Waals surface area contributed by atoms with Gasteiger partial charge >= 0.3 is 0 Å². The topological polar surface area (TPSA) is 34.1 Å². The Kier molecular flexibility index (Phi) is 3.01. The van der Waals surface area contributed by atoms with Crippen LogP contribution in [-0.2, 0) is 4.84 Å². The molecule has 1 atom stereocenters. The fraction of sp³-hybridized carbons (Fsp3) is 0.375. The number of rotatable bonds is 3. The predicted octanol–water partition coefficient (Wildman–Crippen LogP) is 1.29. The quantitative estimate of drug-likeness (QED) is 0.663. The fourth-order valence-electron chi connectivity index (χ4n) is 0.877. The molecule has 11 heavy (non-hydrogen) atoms. The number of nitrogens with one attached hydrogen (secondary N) is 1. The van der Waals surface area contributed by atoms with Crippen molar-refractivity contribution in [1.82, 2.24) is 10.5 Å². The molecule has 0 saturated heterocycles. The van der Waals surface area contributed by atoms with E-state index in [4.69, 9.17) is 4.84 Å². The largest absolute Gasteiger partial charge is 0.305 e. The summed E-state index contributed by atoms with van der Waals surface area (Å²) >= 11 is 0. The number of hydrogen-bond donors (Lipinski definition) is 1. The Morgan fingerprint density at radius 1 is 1.64 bits per heavy atom. The molecule has 0 fully saturated rings. The standard InChI is InChI=1S/C8H12N2O/c1-7(10-11-2)8-4-3-5-9-6-8/h3-7,10H,1-2H3. The lowest BCUT2D eigenvalue weighted by Gasteiger charge is -2.10. The maximum absolute atomic E-state index is 4.78. The number of hydrogen-bond acceptors (Lipinski definition) is 3. The van der Waals surface area contributed by atoms with Crippen molar-refractivity contribution in [2.45, 2.75) is 13.0 Å². The molecular weight excluding hydrogens is 140 g/mol. The third-order valence-electron chi connectivity index (χ3n) is 1.48. The molecule has 0 aliphatic carbocycles. The minimum absolute atomic E-state index is 0.189. The summed E-state index contributed by atoms with van der Waals surface area (Å²) in [6.07, 6.45) is 3.57. The highest BCUT2D eigenvalue weighted by Crippen LogP contribution is 2.08. The molecule has 1 unspecified atom stereocenters. The van der Waals surface area contributed by atoms with Crippen molar-refractivity contribution in [3.05, 3.63) is 30.1 Å². The molecule has 60 valence electrons. The molecule has 0 amide bonds. The molecule has 0 radical (unpaired) electrons. The van der Waals surface area contributed by atoms with Gasteiger partial charge in [0.25, 0.3) is 0 Å². The molecule has 0 aliphatic heterocycles. The highest BCUT2D eigenvalue weighted by Gasteiger charge is 2.01. The van der Waals surface area contributed by atoms with Crippen LogP contribution in [0.3, 0.4) is 0 Å². The second kappa shape index (κ2) is 4.05. The molecule has 1 rings (SSSR count). The van der Waals surface area contributed by atoms with Gasteiger partial charge in [0.15, 0.2) is 0 Å². The van der Waals surface area contributed by atoms with Gasteiger partial charge in [-0.05, 0) is 18.6 Å². The minimum atomic E-state index is 0.189. The predicted molar refractivity (Wildman–Crippen MR) is 42.8 cm³/mol. The molecule has 1 N–H and O–H groups in total. The van der Waals surface area contributed by atoms with Crippen LogP contribution in [0.25, 0.3) is 0 Å². The molecular formula is C8H12N2O. The summed E-state index contributed by atoms with van der Waals surface area (Å²) in [5, 5.41) is 0. The van der Waals surface area contributed by atoms with E-state index >= 15 is 0 Å². The van der Waals surface area contributed by atoms with Crippen LogP contribution in [0, 0.1) is 0 Å². The summed E-state index contributed by atoms with van der Waals surface area (Å²) in [4.78, 5) is 8.77. The van der Waals surface area contributed by atoms with Gasteiger partial charge in [0.05, 0.1) is 13.2 Å². The molecule has 0 saturated carbocycles. The Balaban J connectivity index is 2.61. The Hall–Kier alpha value is -0.930. The van der Waals surface area contributed by atoms with Gasteiger partial charge in [-0.3, -0.25) is 4.98 Å². The van der Waals surface area contributed by atoms with E-state index in [-0.39, 0.29) is 6.04 Å². The van der Waals surface area contributed by atoms with Crippen LogP contribution in [-0.4, -0.2) is 12.1 Å². The van der Waals surface area contributed by atoms with Gasteiger partial charge < -0.3 is 4.84 Å². The summed E-state index contributed by atoms with van der Waals surface area (Å²) in [6.45, 7) is 2.01. The molecule has 0 aliphatic rings. The lowest BCUT2D eigenvalue weighted by molar-refractivity contribution is 0.0658. The average Bonchev–Trinajstić information content (AvgIpc) is 2.07. The first-order chi connectivity index (χ1) is 5.34. The van der Waals surface area contributed by atoms with Crippen LogP contribution < -0.4 is 5.48 Å². The van der Waals surface area contributed by atoms with E-state index in [1.54, 1.807) is 13.3 Å². The molecule has 0 spiro atoms. The third kappa shape index (κ3) is 2.29. The highest BCUT2D eigenvalue weighted by atomic mass is 16.6. The van der Waals surface area contributed by atoms with E-state index in [1.807, 2.05) is 25.3 Å². The Labute approximate surface area is 66.4 Å². The van der Waals surface area contributed by atoms with Crippen molar-refractivity contribution in [2.75, 3.05) is 7.11 Å². The lowest BCUT2D eigenvalue weighted by Crippen LogP contribution is -2.16. The Morgan fingerprint density at radius 3 is 3.00 bits per heavy atom. The first-order valence-electron chi connectivity index (χ1n) is 3.53. The maximum atomic E-state index is 4.78. The zero-order valence-electron chi connectivity index (χ0n) is 6.74. The molecule has 1 heterocycles.